The molecule has 0 aromatic heterocycles. The highest BCUT2D eigenvalue weighted by atomic mass is 17.1. The summed E-state index contributed by atoms with van der Waals surface area (Å²) in [6.07, 6.45) is -2.04. The van der Waals surface area contributed by atoms with Crippen LogP contribution in [0, 0.1) is 0 Å². The Kier molecular flexibility index (Phi) is 6.11. The van der Waals surface area contributed by atoms with E-state index in [1.807, 2.05) is 0 Å². The summed E-state index contributed by atoms with van der Waals surface area (Å²) in [5.74, 6) is -1.97. The predicted molar refractivity (Wildman–Crippen MR) is 58.5 cm³/mol. The average Bonchev–Trinajstić information content (AvgIpc) is 2.22. The molecule has 0 fully saturated rings. The van der Waals surface area contributed by atoms with E-state index in [2.05, 4.69) is 14.9 Å². The molecule has 0 spiro atoms. The zero-order valence-electron chi connectivity index (χ0n) is 10.7. The first kappa shape index (κ1) is 16.2. The fourth-order valence-electron chi connectivity index (χ4n) is 0.820. The SMILES string of the molecule is CC(OC(=O)CNC(=O)OC(C)(C)C)C(=O)OO. The Balaban J connectivity index is 3.98. The number of hydrogen-bond donors (Lipinski definition) is 2. The van der Waals surface area contributed by atoms with Crippen LogP contribution in [0.25, 0.3) is 0 Å². The minimum atomic E-state index is -1.26. The van der Waals surface area contributed by atoms with Gasteiger partial charge in [0, 0.05) is 0 Å². The van der Waals surface area contributed by atoms with Crippen molar-refractivity contribution in [1.29, 1.82) is 0 Å². The number of carbonyl (C=O) groups excluding carboxylic acids is 3. The Morgan fingerprint density at radius 3 is 2.28 bits per heavy atom. The van der Waals surface area contributed by atoms with Gasteiger partial charge in [0.1, 0.15) is 12.1 Å². The average molecular weight is 263 g/mol. The zero-order chi connectivity index (χ0) is 14.3. The molecule has 0 saturated heterocycles. The van der Waals surface area contributed by atoms with E-state index < -0.39 is 36.3 Å². The predicted octanol–water partition coefficient (Wildman–Crippen LogP) is 0.459. The molecule has 8 nitrogen and oxygen atoms in total. The van der Waals surface area contributed by atoms with Crippen molar-refractivity contribution in [2.45, 2.75) is 39.4 Å². The molecule has 0 heterocycles. The van der Waals surface area contributed by atoms with Crippen molar-refractivity contribution in [3.63, 3.8) is 0 Å². The van der Waals surface area contributed by atoms with Crippen molar-refractivity contribution in [2.24, 2.45) is 0 Å². The first-order valence-corrected chi connectivity index (χ1v) is 5.17. The molecule has 0 aliphatic heterocycles. The van der Waals surface area contributed by atoms with Gasteiger partial charge in [0.15, 0.2) is 6.10 Å². The maximum absolute atomic E-state index is 11.2. The van der Waals surface area contributed by atoms with Crippen molar-refractivity contribution in [1.82, 2.24) is 5.32 Å². The highest BCUT2D eigenvalue weighted by molar-refractivity contribution is 5.81. The molecule has 1 amide bonds. The monoisotopic (exact) mass is 263 g/mol. The van der Waals surface area contributed by atoms with Crippen LogP contribution in [-0.4, -0.2) is 41.5 Å². The fraction of sp³-hybridized carbons (Fsp3) is 0.700. The lowest BCUT2D eigenvalue weighted by atomic mass is 10.2. The van der Waals surface area contributed by atoms with Gasteiger partial charge in [0.2, 0.25) is 0 Å². The van der Waals surface area contributed by atoms with Gasteiger partial charge in [-0.15, -0.1) is 0 Å². The summed E-state index contributed by atoms with van der Waals surface area (Å²) < 4.78 is 9.41. The number of alkyl carbamates (subject to hydrolysis) is 1. The minimum Gasteiger partial charge on any atom is -0.449 e. The molecule has 0 bridgehead atoms. The van der Waals surface area contributed by atoms with Crippen molar-refractivity contribution in [2.75, 3.05) is 6.54 Å². The van der Waals surface area contributed by atoms with Crippen molar-refractivity contribution >= 4 is 18.0 Å². The molecular weight excluding hydrogens is 246 g/mol. The molecule has 2 N–H and O–H groups in total. The maximum Gasteiger partial charge on any atom is 0.408 e. The normalized spacial score (nSPS) is 12.3. The van der Waals surface area contributed by atoms with Crippen LogP contribution >= 0.6 is 0 Å². The van der Waals surface area contributed by atoms with E-state index >= 15 is 0 Å². The number of ether oxygens (including phenoxy) is 2. The lowest BCUT2D eigenvalue weighted by molar-refractivity contribution is -0.243. The second kappa shape index (κ2) is 6.80. The second-order valence-corrected chi connectivity index (χ2v) is 4.40. The number of carbonyl (C=O) groups is 3. The van der Waals surface area contributed by atoms with E-state index in [-0.39, 0.29) is 0 Å². The summed E-state index contributed by atoms with van der Waals surface area (Å²) in [7, 11) is 0. The fourth-order valence-corrected chi connectivity index (χ4v) is 0.820. The van der Waals surface area contributed by atoms with Crippen LogP contribution in [0.15, 0.2) is 0 Å². The number of hydrogen-bond acceptors (Lipinski definition) is 7. The number of rotatable bonds is 4. The van der Waals surface area contributed by atoms with Gasteiger partial charge in [-0.2, -0.15) is 5.26 Å². The van der Waals surface area contributed by atoms with Gasteiger partial charge in [-0.1, -0.05) is 0 Å². The largest absolute Gasteiger partial charge is 0.449 e. The quantitative estimate of drug-likeness (QED) is 0.328. The molecule has 0 aliphatic carbocycles. The lowest BCUT2D eigenvalue weighted by Gasteiger charge is -2.19. The van der Waals surface area contributed by atoms with E-state index in [1.165, 1.54) is 6.92 Å². The first-order valence-electron chi connectivity index (χ1n) is 5.17. The molecule has 0 aromatic carbocycles. The first-order chi connectivity index (χ1) is 8.15. The number of esters is 1. The van der Waals surface area contributed by atoms with Gasteiger partial charge >= 0.3 is 18.0 Å². The van der Waals surface area contributed by atoms with E-state index in [1.54, 1.807) is 20.8 Å². The topological polar surface area (TPSA) is 111 Å². The Hall–Kier alpha value is -1.83. The summed E-state index contributed by atoms with van der Waals surface area (Å²) in [5.41, 5.74) is -0.679. The smallest absolute Gasteiger partial charge is 0.408 e. The van der Waals surface area contributed by atoms with Crippen LogP contribution in [0.1, 0.15) is 27.7 Å². The lowest BCUT2D eigenvalue weighted by Crippen LogP contribution is -2.37. The van der Waals surface area contributed by atoms with Crippen LogP contribution in [0.5, 0.6) is 0 Å². The molecule has 1 atom stereocenters. The van der Waals surface area contributed by atoms with Crippen molar-refractivity contribution < 1.29 is 34.0 Å². The third-order valence-electron chi connectivity index (χ3n) is 1.51. The van der Waals surface area contributed by atoms with Crippen LogP contribution in [0.2, 0.25) is 0 Å². The molecule has 0 radical (unpaired) electrons. The van der Waals surface area contributed by atoms with E-state index in [4.69, 9.17) is 9.99 Å². The molecule has 8 heteroatoms. The maximum atomic E-state index is 11.2. The van der Waals surface area contributed by atoms with Crippen LogP contribution in [0.3, 0.4) is 0 Å². The van der Waals surface area contributed by atoms with Gasteiger partial charge in [0.25, 0.3) is 0 Å². The number of amides is 1. The van der Waals surface area contributed by atoms with Gasteiger partial charge < -0.3 is 14.8 Å². The summed E-state index contributed by atoms with van der Waals surface area (Å²) in [6.45, 7) is 5.76. The van der Waals surface area contributed by atoms with E-state index in [0.717, 1.165) is 0 Å². The van der Waals surface area contributed by atoms with Crippen molar-refractivity contribution in [3.05, 3.63) is 0 Å². The Morgan fingerprint density at radius 2 is 1.83 bits per heavy atom. The minimum absolute atomic E-state index is 0.460. The molecule has 0 aliphatic rings. The molecular formula is C10H17NO7. The summed E-state index contributed by atoms with van der Waals surface area (Å²) >= 11 is 0. The standard InChI is InChI=1S/C10H17NO7/c1-6(8(13)18-15)16-7(12)5-11-9(14)17-10(2,3)4/h6,15H,5H2,1-4H3,(H,11,14). The van der Waals surface area contributed by atoms with Crippen LogP contribution in [0.4, 0.5) is 4.79 Å². The van der Waals surface area contributed by atoms with Crippen LogP contribution in [-0.2, 0) is 24.0 Å². The highest BCUT2D eigenvalue weighted by Crippen LogP contribution is 2.06. The molecule has 104 valence electrons. The molecule has 18 heavy (non-hydrogen) atoms. The van der Waals surface area contributed by atoms with Gasteiger partial charge in [-0.3, -0.25) is 9.68 Å². The van der Waals surface area contributed by atoms with Crippen molar-refractivity contribution in [3.8, 4) is 0 Å². The highest BCUT2D eigenvalue weighted by Gasteiger charge is 2.21. The Labute approximate surface area is 104 Å². The Bertz CT molecular complexity index is 321. The number of nitrogens with one attached hydrogen (secondary N) is 1. The molecule has 0 saturated carbocycles. The van der Waals surface area contributed by atoms with E-state index in [9.17, 15) is 14.4 Å². The van der Waals surface area contributed by atoms with E-state index in [0.29, 0.717) is 0 Å². The summed E-state index contributed by atoms with van der Waals surface area (Å²) in [4.78, 5) is 36.4. The molecule has 0 aromatic rings. The molecule has 1 unspecified atom stereocenters. The van der Waals surface area contributed by atoms with Crippen LogP contribution < -0.4 is 5.32 Å². The second-order valence-electron chi connectivity index (χ2n) is 4.40. The van der Waals surface area contributed by atoms with Gasteiger partial charge in [0.05, 0.1) is 0 Å². The van der Waals surface area contributed by atoms with Gasteiger partial charge in [-0.25, -0.2) is 9.59 Å². The summed E-state index contributed by atoms with van der Waals surface area (Å²) in [6, 6.07) is 0. The van der Waals surface area contributed by atoms with Gasteiger partial charge in [-0.05, 0) is 27.7 Å². The third kappa shape index (κ3) is 7.44. The zero-order valence-corrected chi connectivity index (χ0v) is 10.7. The Morgan fingerprint density at radius 1 is 1.28 bits per heavy atom. The third-order valence-corrected chi connectivity index (χ3v) is 1.51. The summed E-state index contributed by atoms with van der Waals surface area (Å²) in [5, 5.41) is 10.2. The molecule has 0 rings (SSSR count).